The predicted octanol–water partition coefficient (Wildman–Crippen LogP) is 6.10. The van der Waals surface area contributed by atoms with Gasteiger partial charge in [0.15, 0.2) is 5.17 Å². The van der Waals surface area contributed by atoms with E-state index < -0.39 is 0 Å². The molecule has 0 spiro atoms. The number of carbonyl (C=O) groups excluding carboxylic acids is 2. The van der Waals surface area contributed by atoms with Gasteiger partial charge in [-0.2, -0.15) is 0 Å². The van der Waals surface area contributed by atoms with Gasteiger partial charge in [-0.1, -0.05) is 48.5 Å². The lowest BCUT2D eigenvalue weighted by molar-refractivity contribution is -0.121. The highest BCUT2D eigenvalue weighted by atomic mass is 32.2. The molecule has 1 aliphatic heterocycles. The molecule has 180 valence electrons. The van der Waals surface area contributed by atoms with Crippen LogP contribution in [-0.4, -0.2) is 40.2 Å². The zero-order chi connectivity index (χ0) is 25.1. The van der Waals surface area contributed by atoms with Gasteiger partial charge in [0.05, 0.1) is 22.8 Å². The van der Waals surface area contributed by atoms with Crippen LogP contribution >= 0.6 is 11.8 Å². The molecule has 0 unspecified atom stereocenters. The highest BCUT2D eigenvalue weighted by molar-refractivity contribution is 8.18. The number of fused-ring (bicyclic) bond motifs is 1. The van der Waals surface area contributed by atoms with Crippen LogP contribution < -0.4 is 0 Å². The second-order valence-corrected chi connectivity index (χ2v) is 9.36. The molecule has 0 bridgehead atoms. The van der Waals surface area contributed by atoms with Crippen molar-refractivity contribution in [3.05, 3.63) is 107 Å². The van der Waals surface area contributed by atoms with Gasteiger partial charge < -0.3 is 9.30 Å². The fourth-order valence-electron chi connectivity index (χ4n) is 4.09. The Bertz CT molecular complexity index is 1490. The molecule has 1 aliphatic rings. The van der Waals surface area contributed by atoms with Crippen molar-refractivity contribution >= 4 is 51.5 Å². The third-order valence-electron chi connectivity index (χ3n) is 5.91. The molecule has 1 saturated heterocycles. The van der Waals surface area contributed by atoms with Crippen LogP contribution in [0.25, 0.3) is 17.0 Å². The van der Waals surface area contributed by atoms with Gasteiger partial charge in [0.2, 0.25) is 0 Å². The molecule has 7 heteroatoms. The van der Waals surface area contributed by atoms with E-state index in [-0.39, 0.29) is 11.9 Å². The van der Waals surface area contributed by atoms with Gasteiger partial charge in [-0.3, -0.25) is 9.69 Å². The number of aromatic nitrogens is 1. The normalized spacial score (nSPS) is 15.8. The third-order valence-corrected chi connectivity index (χ3v) is 6.97. The van der Waals surface area contributed by atoms with Gasteiger partial charge >= 0.3 is 5.97 Å². The molecular formula is C29H25N3O3S. The van der Waals surface area contributed by atoms with Crippen molar-refractivity contribution in [1.82, 2.24) is 9.47 Å². The molecule has 4 aromatic rings. The van der Waals surface area contributed by atoms with Crippen LogP contribution in [0.4, 0.5) is 5.69 Å². The van der Waals surface area contributed by atoms with Gasteiger partial charge in [0.25, 0.3) is 5.91 Å². The van der Waals surface area contributed by atoms with Gasteiger partial charge in [0.1, 0.15) is 0 Å². The minimum atomic E-state index is -0.365. The Morgan fingerprint density at radius 1 is 1.00 bits per heavy atom. The number of carbonyl (C=O) groups is 2. The van der Waals surface area contributed by atoms with Crippen LogP contribution in [0.15, 0.2) is 95.0 Å². The second-order valence-electron chi connectivity index (χ2n) is 8.35. The first-order valence-corrected chi connectivity index (χ1v) is 12.5. The summed E-state index contributed by atoms with van der Waals surface area (Å²) in [5.41, 5.74) is 4.45. The molecule has 36 heavy (non-hydrogen) atoms. The number of aliphatic imine (C=N–C) groups is 1. The second kappa shape index (κ2) is 10.3. The largest absolute Gasteiger partial charge is 0.462 e. The number of ether oxygens (including phenoxy) is 1. The fourth-order valence-corrected chi connectivity index (χ4v) is 5.07. The Kier molecular flexibility index (Phi) is 6.73. The van der Waals surface area contributed by atoms with Crippen LogP contribution in [0, 0.1) is 0 Å². The maximum Gasteiger partial charge on any atom is 0.338 e. The Labute approximate surface area is 213 Å². The Morgan fingerprint density at radius 2 is 1.72 bits per heavy atom. The zero-order valence-electron chi connectivity index (χ0n) is 20.0. The number of likely N-dealkylation sites (N-methyl/N-ethyl adjacent to an activating group) is 1. The molecule has 1 fully saturated rings. The topological polar surface area (TPSA) is 63.9 Å². The smallest absolute Gasteiger partial charge is 0.338 e. The highest BCUT2D eigenvalue weighted by Gasteiger charge is 2.30. The third kappa shape index (κ3) is 4.83. The summed E-state index contributed by atoms with van der Waals surface area (Å²) < 4.78 is 7.24. The van der Waals surface area contributed by atoms with Crippen LogP contribution in [0.2, 0.25) is 0 Å². The lowest BCUT2D eigenvalue weighted by atomic mass is 10.1. The molecule has 0 aliphatic carbocycles. The number of nitrogens with zero attached hydrogens (tertiary/aromatic N) is 3. The first-order valence-electron chi connectivity index (χ1n) is 11.7. The van der Waals surface area contributed by atoms with E-state index in [0.29, 0.717) is 27.9 Å². The standard InChI is InChI=1S/C29H25N3O3S/c1-3-35-28(34)21-13-15-23(16-14-21)30-29-31(2)27(33)26(36-29)17-22-19-32(18-20-9-5-4-6-10-20)25-12-8-7-11-24(22)25/h4-17,19H,3,18H2,1-2H3. The van der Waals surface area contributed by atoms with E-state index in [0.717, 1.165) is 23.0 Å². The number of thioether (sulfide) groups is 1. The summed E-state index contributed by atoms with van der Waals surface area (Å²) in [5, 5.41) is 1.68. The summed E-state index contributed by atoms with van der Waals surface area (Å²) in [7, 11) is 1.72. The number of hydrogen-bond acceptors (Lipinski definition) is 5. The minimum absolute atomic E-state index is 0.0956. The number of amides is 1. The molecule has 0 atom stereocenters. The monoisotopic (exact) mass is 495 g/mol. The lowest BCUT2D eigenvalue weighted by Crippen LogP contribution is -2.23. The summed E-state index contributed by atoms with van der Waals surface area (Å²) in [5.74, 6) is -0.460. The maximum absolute atomic E-state index is 13.0. The minimum Gasteiger partial charge on any atom is -0.462 e. The molecule has 1 aromatic heterocycles. The quantitative estimate of drug-likeness (QED) is 0.240. The van der Waals surface area contributed by atoms with E-state index in [1.165, 1.54) is 17.3 Å². The van der Waals surface area contributed by atoms with Crippen molar-refractivity contribution in [2.24, 2.45) is 4.99 Å². The van der Waals surface area contributed by atoms with Crippen molar-refractivity contribution in [1.29, 1.82) is 0 Å². The fraction of sp³-hybridized carbons (Fsp3) is 0.138. The van der Waals surface area contributed by atoms with Crippen LogP contribution in [-0.2, 0) is 16.1 Å². The number of rotatable bonds is 6. The van der Waals surface area contributed by atoms with E-state index in [1.54, 1.807) is 43.1 Å². The van der Waals surface area contributed by atoms with Crippen molar-refractivity contribution < 1.29 is 14.3 Å². The number of hydrogen-bond donors (Lipinski definition) is 0. The summed E-state index contributed by atoms with van der Waals surface area (Å²) in [6.07, 6.45) is 4.04. The molecule has 2 heterocycles. The van der Waals surface area contributed by atoms with Crippen LogP contribution in [0.1, 0.15) is 28.4 Å². The SMILES string of the molecule is CCOC(=O)c1ccc(N=C2SC(=Cc3cn(Cc4ccccc4)c4ccccc34)C(=O)N2C)cc1. The molecule has 0 radical (unpaired) electrons. The number of para-hydroxylation sites is 1. The molecule has 0 N–H and O–H groups in total. The van der Waals surface area contributed by atoms with Crippen LogP contribution in [0.5, 0.6) is 0 Å². The average molecular weight is 496 g/mol. The van der Waals surface area contributed by atoms with Gasteiger partial charge in [0, 0.05) is 36.3 Å². The Morgan fingerprint density at radius 3 is 2.47 bits per heavy atom. The van der Waals surface area contributed by atoms with Crippen molar-refractivity contribution in [2.45, 2.75) is 13.5 Å². The predicted molar refractivity (Wildman–Crippen MR) is 145 cm³/mol. The first kappa shape index (κ1) is 23.6. The van der Waals surface area contributed by atoms with Crippen molar-refractivity contribution in [3.63, 3.8) is 0 Å². The average Bonchev–Trinajstić information content (AvgIpc) is 3.37. The van der Waals surface area contributed by atoms with E-state index >= 15 is 0 Å². The molecule has 5 rings (SSSR count). The number of benzene rings is 3. The number of amidine groups is 1. The number of esters is 1. The van der Waals surface area contributed by atoms with Crippen molar-refractivity contribution in [2.75, 3.05) is 13.7 Å². The molecule has 1 amide bonds. The molecule has 3 aromatic carbocycles. The zero-order valence-corrected chi connectivity index (χ0v) is 20.9. The van der Waals surface area contributed by atoms with E-state index in [4.69, 9.17) is 4.74 Å². The molecule has 0 saturated carbocycles. The van der Waals surface area contributed by atoms with E-state index in [1.807, 2.05) is 36.4 Å². The van der Waals surface area contributed by atoms with Gasteiger partial charge in [-0.05, 0) is 60.7 Å². The van der Waals surface area contributed by atoms with Gasteiger partial charge in [-0.25, -0.2) is 9.79 Å². The molecule has 6 nitrogen and oxygen atoms in total. The Balaban J connectivity index is 1.43. The van der Waals surface area contributed by atoms with Crippen LogP contribution in [0.3, 0.4) is 0 Å². The van der Waals surface area contributed by atoms with E-state index in [2.05, 4.69) is 40.0 Å². The maximum atomic E-state index is 13.0. The molecular weight excluding hydrogens is 470 g/mol. The van der Waals surface area contributed by atoms with Crippen molar-refractivity contribution in [3.8, 4) is 0 Å². The van der Waals surface area contributed by atoms with Gasteiger partial charge in [-0.15, -0.1) is 0 Å². The highest BCUT2D eigenvalue weighted by Crippen LogP contribution is 2.35. The summed E-state index contributed by atoms with van der Waals surface area (Å²) in [6, 6.07) is 25.4. The first-order chi connectivity index (χ1) is 17.5. The summed E-state index contributed by atoms with van der Waals surface area (Å²) in [6.45, 7) is 2.85. The summed E-state index contributed by atoms with van der Waals surface area (Å²) in [4.78, 5) is 31.7. The lowest BCUT2D eigenvalue weighted by Gasteiger charge is -2.07. The van der Waals surface area contributed by atoms with E-state index in [9.17, 15) is 9.59 Å². The Hall–Kier alpha value is -4.10. The summed E-state index contributed by atoms with van der Waals surface area (Å²) >= 11 is 1.34.